The highest BCUT2D eigenvalue weighted by molar-refractivity contribution is 7.21. The van der Waals surface area contributed by atoms with Crippen LogP contribution in [0.2, 0.25) is 0 Å². The third kappa shape index (κ3) is 4.52. The van der Waals surface area contributed by atoms with Crippen molar-refractivity contribution < 1.29 is 23.3 Å². The van der Waals surface area contributed by atoms with Gasteiger partial charge >= 0.3 is 5.69 Å². The fourth-order valence-electron chi connectivity index (χ4n) is 4.00. The molecule has 0 bridgehead atoms. The minimum atomic E-state index is -2.89. The molecular weight excluding hydrogens is 510 g/mol. The number of nitrogens with two attached hydrogens (primary N) is 1. The molecule has 15 heteroatoms. The Morgan fingerprint density at radius 2 is 2.00 bits per heavy atom. The minimum absolute atomic E-state index is 0.00984. The lowest BCUT2D eigenvalue weighted by atomic mass is 10.0. The first kappa shape index (κ1) is 25.8. The van der Waals surface area contributed by atoms with E-state index in [0.717, 1.165) is 17.5 Å². The number of aromatic nitrogens is 5. The number of anilines is 1. The van der Waals surface area contributed by atoms with Crippen LogP contribution >= 0.6 is 11.3 Å². The number of carbonyl (C=O) groups excluding carboxylic acids is 2. The smallest absolute Gasteiger partial charge is 0.309 e. The van der Waals surface area contributed by atoms with E-state index >= 15 is 0 Å². The fraction of sp³-hybridized carbons (Fsp3) is 0.318. The summed E-state index contributed by atoms with van der Waals surface area (Å²) in [5.41, 5.74) is 6.35. The second-order valence-electron chi connectivity index (χ2n) is 8.21. The van der Waals surface area contributed by atoms with Gasteiger partial charge in [-0.2, -0.15) is 10.2 Å². The molecule has 4 aromatic rings. The van der Waals surface area contributed by atoms with Crippen LogP contribution in [0.25, 0.3) is 21.3 Å². The lowest BCUT2D eigenvalue weighted by Gasteiger charge is -2.15. The molecule has 0 saturated carbocycles. The monoisotopic (exact) mass is 532 g/mol. The number of thiophene rings is 1. The van der Waals surface area contributed by atoms with Crippen molar-refractivity contribution in [2.45, 2.75) is 46.7 Å². The van der Waals surface area contributed by atoms with Crippen molar-refractivity contribution in [3.63, 3.8) is 0 Å². The van der Waals surface area contributed by atoms with Gasteiger partial charge in [0.2, 0.25) is 5.91 Å². The maximum absolute atomic E-state index is 13.7. The molecule has 4 heterocycles. The Bertz CT molecular complexity index is 1560. The number of halogens is 2. The van der Waals surface area contributed by atoms with Crippen LogP contribution in [-0.4, -0.2) is 41.3 Å². The predicted octanol–water partition coefficient (Wildman–Crippen LogP) is 4.14. The summed E-state index contributed by atoms with van der Waals surface area (Å²) in [6.07, 6.45) is -0.169. The Balaban J connectivity index is 1.90. The molecule has 4 rings (SSSR count). The van der Waals surface area contributed by atoms with Crippen LogP contribution in [0, 0.1) is 24.0 Å². The van der Waals surface area contributed by atoms with E-state index in [2.05, 4.69) is 20.5 Å². The molecule has 194 valence electrons. The molecule has 2 amide bonds. The zero-order valence-electron chi connectivity index (χ0n) is 20.2. The van der Waals surface area contributed by atoms with Crippen molar-refractivity contribution in [1.82, 2.24) is 24.5 Å². The molecule has 37 heavy (non-hydrogen) atoms. The molecule has 0 aliphatic carbocycles. The molecule has 0 saturated heterocycles. The molecule has 0 fully saturated rings. The summed E-state index contributed by atoms with van der Waals surface area (Å²) in [7, 11) is 0. The van der Waals surface area contributed by atoms with Crippen molar-refractivity contribution >= 4 is 44.7 Å². The van der Waals surface area contributed by atoms with E-state index in [1.54, 1.807) is 17.8 Å². The van der Waals surface area contributed by atoms with Crippen LogP contribution in [0.15, 0.2) is 18.5 Å². The third-order valence-electron chi connectivity index (χ3n) is 5.90. The largest absolute Gasteiger partial charge is 0.365 e. The second-order valence-corrected chi connectivity index (χ2v) is 9.21. The van der Waals surface area contributed by atoms with Gasteiger partial charge in [-0.3, -0.25) is 29.1 Å². The van der Waals surface area contributed by atoms with Gasteiger partial charge in [-0.1, -0.05) is 0 Å². The summed E-state index contributed by atoms with van der Waals surface area (Å²) >= 11 is 0.779. The van der Waals surface area contributed by atoms with Crippen LogP contribution in [0.4, 0.5) is 20.2 Å². The van der Waals surface area contributed by atoms with Crippen molar-refractivity contribution in [3.05, 3.63) is 50.5 Å². The van der Waals surface area contributed by atoms with Crippen LogP contribution in [0.1, 0.15) is 53.1 Å². The average molecular weight is 533 g/mol. The van der Waals surface area contributed by atoms with Gasteiger partial charge in [-0.05, 0) is 39.3 Å². The van der Waals surface area contributed by atoms with E-state index in [0.29, 0.717) is 23.4 Å². The Kier molecular flexibility index (Phi) is 6.73. The molecule has 0 spiro atoms. The summed E-state index contributed by atoms with van der Waals surface area (Å²) in [5.74, 6) is -1.55. The van der Waals surface area contributed by atoms with Crippen LogP contribution in [-0.2, 0) is 11.3 Å². The number of rotatable bonds is 8. The SMILES string of the molecule is CCn1cc(-c2cc(C(F)F)nc3sc(C(N)=O)c(NC(=O)C(C)n4ncc([N+](=O)[O-])c4C)c23)c(C)n1. The standard InChI is InChI=1S/C22H22F2N8O4S/c1-5-30-8-13(9(2)29-30)12-6-14(19(23)24)27-22-16(12)17(18(37-22)20(25)33)28-21(34)11(4)31-10(3)15(7-26-31)32(35)36/h6-8,11,19H,5H2,1-4H3,(H2,25,33)(H,28,34). The lowest BCUT2D eigenvalue weighted by Crippen LogP contribution is -2.26. The van der Waals surface area contributed by atoms with Gasteiger partial charge in [0.1, 0.15) is 33.3 Å². The van der Waals surface area contributed by atoms with Gasteiger partial charge < -0.3 is 11.1 Å². The number of hydrogen-bond donors (Lipinski definition) is 2. The number of pyridine rings is 1. The summed E-state index contributed by atoms with van der Waals surface area (Å²) in [5, 5.41) is 22.4. The number of nitrogens with zero attached hydrogens (tertiary/aromatic N) is 6. The number of primary amides is 1. The predicted molar refractivity (Wildman–Crippen MR) is 132 cm³/mol. The normalized spacial score (nSPS) is 12.3. The average Bonchev–Trinajstić information content (AvgIpc) is 3.52. The molecule has 12 nitrogen and oxygen atoms in total. The van der Waals surface area contributed by atoms with E-state index in [1.807, 2.05) is 6.92 Å². The van der Waals surface area contributed by atoms with Gasteiger partial charge in [0.15, 0.2) is 0 Å². The summed E-state index contributed by atoms with van der Waals surface area (Å²) < 4.78 is 30.3. The van der Waals surface area contributed by atoms with Crippen LogP contribution in [0.5, 0.6) is 0 Å². The molecule has 0 aliphatic rings. The molecule has 3 N–H and O–H groups in total. The number of amides is 2. The molecule has 1 unspecified atom stereocenters. The van der Waals surface area contributed by atoms with Crippen molar-refractivity contribution in [2.75, 3.05) is 5.32 Å². The molecule has 0 aromatic carbocycles. The maximum Gasteiger partial charge on any atom is 0.309 e. The van der Waals surface area contributed by atoms with Crippen LogP contribution in [0.3, 0.4) is 0 Å². The highest BCUT2D eigenvalue weighted by atomic mass is 32.1. The Hall–Kier alpha value is -4.27. The number of aryl methyl sites for hydroxylation is 2. The summed E-state index contributed by atoms with van der Waals surface area (Å²) in [6, 6.07) is 0.180. The fourth-order valence-corrected chi connectivity index (χ4v) is 5.02. The van der Waals surface area contributed by atoms with Gasteiger partial charge in [-0.25, -0.2) is 13.8 Å². The van der Waals surface area contributed by atoms with Crippen molar-refractivity contribution in [2.24, 2.45) is 5.73 Å². The highest BCUT2D eigenvalue weighted by Gasteiger charge is 2.29. The zero-order valence-corrected chi connectivity index (χ0v) is 21.0. The van der Waals surface area contributed by atoms with Crippen molar-refractivity contribution in [1.29, 1.82) is 0 Å². The second kappa shape index (κ2) is 9.65. The minimum Gasteiger partial charge on any atom is -0.365 e. The molecule has 0 aliphatic heterocycles. The highest BCUT2D eigenvalue weighted by Crippen LogP contribution is 2.43. The van der Waals surface area contributed by atoms with Gasteiger partial charge in [-0.15, -0.1) is 11.3 Å². The van der Waals surface area contributed by atoms with E-state index in [4.69, 9.17) is 5.73 Å². The van der Waals surface area contributed by atoms with E-state index in [9.17, 15) is 28.5 Å². The topological polar surface area (TPSA) is 164 Å². The quantitative estimate of drug-likeness (QED) is 0.254. The zero-order chi connectivity index (χ0) is 27.2. The first-order valence-corrected chi connectivity index (χ1v) is 11.8. The number of hydrogen-bond acceptors (Lipinski definition) is 8. The molecule has 4 aromatic heterocycles. The van der Waals surface area contributed by atoms with E-state index in [-0.39, 0.29) is 32.2 Å². The number of carbonyl (C=O) groups is 2. The third-order valence-corrected chi connectivity index (χ3v) is 7.00. The molecule has 1 atom stereocenters. The number of nitro groups is 1. The van der Waals surface area contributed by atoms with E-state index in [1.165, 1.54) is 24.6 Å². The van der Waals surface area contributed by atoms with Gasteiger partial charge in [0.05, 0.1) is 16.3 Å². The number of alkyl halides is 2. The van der Waals surface area contributed by atoms with E-state index < -0.39 is 34.9 Å². The Labute approximate surface area is 212 Å². The number of fused-ring (bicyclic) bond motifs is 1. The first-order chi connectivity index (χ1) is 17.4. The van der Waals surface area contributed by atoms with Gasteiger partial charge in [0.25, 0.3) is 12.3 Å². The lowest BCUT2D eigenvalue weighted by molar-refractivity contribution is -0.385. The maximum atomic E-state index is 13.7. The number of nitrogens with one attached hydrogen (secondary N) is 1. The first-order valence-electron chi connectivity index (χ1n) is 11.0. The van der Waals surface area contributed by atoms with Gasteiger partial charge in [0, 0.05) is 23.7 Å². The van der Waals surface area contributed by atoms with Crippen molar-refractivity contribution in [3.8, 4) is 11.1 Å². The summed E-state index contributed by atoms with van der Waals surface area (Å²) in [4.78, 5) is 40.2. The Morgan fingerprint density at radius 3 is 2.54 bits per heavy atom. The summed E-state index contributed by atoms with van der Waals surface area (Å²) in [6.45, 7) is 7.04. The van der Waals surface area contributed by atoms with Crippen LogP contribution < -0.4 is 11.1 Å². The molecule has 0 radical (unpaired) electrons. The Morgan fingerprint density at radius 1 is 1.30 bits per heavy atom. The molecular formula is C22H22F2N8O4S.